The van der Waals surface area contributed by atoms with Crippen molar-refractivity contribution in [2.24, 2.45) is 0 Å². The van der Waals surface area contributed by atoms with E-state index in [0.717, 1.165) is 39.1 Å². The van der Waals surface area contributed by atoms with Crippen molar-refractivity contribution in [1.82, 2.24) is 9.80 Å². The molecule has 0 aromatic heterocycles. The Hall–Kier alpha value is -1.55. The topological polar surface area (TPSA) is 26.8 Å². The van der Waals surface area contributed by atoms with Gasteiger partial charge in [0.05, 0.1) is 6.54 Å². The molecule has 2 heterocycles. The second-order valence-corrected chi connectivity index (χ2v) is 6.74. The third kappa shape index (κ3) is 4.05. The first-order valence-corrected chi connectivity index (χ1v) is 9.09. The third-order valence-corrected chi connectivity index (χ3v) is 5.27. The zero-order valence-electron chi connectivity index (χ0n) is 14.3. The van der Waals surface area contributed by atoms with Gasteiger partial charge in [0.25, 0.3) is 0 Å². The molecule has 2 aliphatic rings. The number of carbonyl (C=O) groups is 1. The summed E-state index contributed by atoms with van der Waals surface area (Å²) in [4.78, 5) is 19.5. The first-order valence-electron chi connectivity index (χ1n) is 9.09. The molecule has 1 aromatic carbocycles. The van der Waals surface area contributed by atoms with Crippen LogP contribution in [0.4, 0.5) is 5.69 Å². The zero-order chi connectivity index (χ0) is 16.1. The second kappa shape index (κ2) is 7.82. The van der Waals surface area contributed by atoms with E-state index in [1.165, 1.54) is 24.9 Å². The molecule has 0 saturated carbocycles. The minimum absolute atomic E-state index is 0.338. The predicted octanol–water partition coefficient (Wildman–Crippen LogP) is 2.60. The lowest BCUT2D eigenvalue weighted by atomic mass is 10.00. The summed E-state index contributed by atoms with van der Waals surface area (Å²) in [5, 5.41) is 0. The maximum absolute atomic E-state index is 12.7. The maximum Gasteiger partial charge on any atom is 0.236 e. The summed E-state index contributed by atoms with van der Waals surface area (Å²) < 4.78 is 0. The highest BCUT2D eigenvalue weighted by molar-refractivity contribution is 5.78. The number of piperidine rings is 1. The van der Waals surface area contributed by atoms with Crippen LogP contribution in [0.25, 0.3) is 0 Å². The molecule has 4 nitrogen and oxygen atoms in total. The van der Waals surface area contributed by atoms with E-state index in [2.05, 4.69) is 52.0 Å². The quantitative estimate of drug-likeness (QED) is 0.854. The molecule has 0 aliphatic carbocycles. The molecule has 23 heavy (non-hydrogen) atoms. The summed E-state index contributed by atoms with van der Waals surface area (Å²) in [6, 6.07) is 11.0. The fraction of sp³-hybridized carbons (Fsp3) is 0.632. The molecule has 1 unspecified atom stereocenters. The van der Waals surface area contributed by atoms with E-state index in [0.29, 0.717) is 18.5 Å². The summed E-state index contributed by atoms with van der Waals surface area (Å²) in [6.07, 6.45) is 4.72. The molecule has 3 rings (SSSR count). The predicted molar refractivity (Wildman–Crippen MR) is 94.7 cm³/mol. The van der Waals surface area contributed by atoms with Crippen molar-refractivity contribution in [3.05, 3.63) is 30.3 Å². The number of benzene rings is 1. The molecule has 0 N–H and O–H groups in total. The lowest BCUT2D eigenvalue weighted by Gasteiger charge is -2.39. The molecule has 0 bridgehead atoms. The Kier molecular flexibility index (Phi) is 5.55. The fourth-order valence-electron chi connectivity index (χ4n) is 3.84. The lowest BCUT2D eigenvalue weighted by Crippen LogP contribution is -2.52. The van der Waals surface area contributed by atoms with Crippen molar-refractivity contribution in [2.75, 3.05) is 44.2 Å². The highest BCUT2D eigenvalue weighted by Gasteiger charge is 2.27. The van der Waals surface area contributed by atoms with E-state index in [-0.39, 0.29) is 0 Å². The van der Waals surface area contributed by atoms with Gasteiger partial charge < -0.3 is 9.80 Å². The van der Waals surface area contributed by atoms with Crippen LogP contribution >= 0.6 is 0 Å². The lowest BCUT2D eigenvalue weighted by molar-refractivity contribution is -0.136. The van der Waals surface area contributed by atoms with Gasteiger partial charge in [-0.25, -0.2) is 0 Å². The Labute approximate surface area is 140 Å². The number of anilines is 1. The van der Waals surface area contributed by atoms with Gasteiger partial charge in [-0.1, -0.05) is 25.1 Å². The van der Waals surface area contributed by atoms with Crippen molar-refractivity contribution in [3.8, 4) is 0 Å². The van der Waals surface area contributed by atoms with Crippen molar-refractivity contribution in [1.29, 1.82) is 0 Å². The zero-order valence-corrected chi connectivity index (χ0v) is 14.3. The molecule has 0 radical (unpaired) electrons. The van der Waals surface area contributed by atoms with Gasteiger partial charge in [0.2, 0.25) is 5.91 Å². The van der Waals surface area contributed by atoms with E-state index in [1.807, 2.05) is 0 Å². The molecule has 1 atom stereocenters. The molecule has 2 saturated heterocycles. The summed E-state index contributed by atoms with van der Waals surface area (Å²) in [5.41, 5.74) is 1.29. The highest BCUT2D eigenvalue weighted by Crippen LogP contribution is 2.20. The number of para-hydroxylation sites is 1. The number of amides is 1. The van der Waals surface area contributed by atoms with E-state index in [4.69, 9.17) is 0 Å². The fourth-order valence-corrected chi connectivity index (χ4v) is 3.84. The number of rotatable bonds is 4. The summed E-state index contributed by atoms with van der Waals surface area (Å²) >= 11 is 0. The van der Waals surface area contributed by atoms with Crippen molar-refractivity contribution in [3.63, 3.8) is 0 Å². The van der Waals surface area contributed by atoms with E-state index in [1.54, 1.807) is 0 Å². The minimum Gasteiger partial charge on any atom is -0.369 e. The number of hydrogen-bond donors (Lipinski definition) is 0. The number of hydrogen-bond acceptors (Lipinski definition) is 3. The highest BCUT2D eigenvalue weighted by atomic mass is 16.2. The van der Waals surface area contributed by atoms with Crippen molar-refractivity contribution in [2.45, 2.75) is 38.6 Å². The van der Waals surface area contributed by atoms with Crippen LogP contribution in [0, 0.1) is 0 Å². The van der Waals surface area contributed by atoms with Gasteiger partial charge >= 0.3 is 0 Å². The molecule has 1 aromatic rings. The standard InChI is InChI=1S/C19H29N3O/c1-2-17-8-6-7-11-22(17)19(23)16-20-12-14-21(15-13-20)18-9-4-3-5-10-18/h3-5,9-10,17H,2,6-8,11-16H2,1H3. The molecule has 126 valence electrons. The first-order chi connectivity index (χ1) is 11.3. The Morgan fingerprint density at radius 1 is 1.04 bits per heavy atom. The number of carbonyl (C=O) groups excluding carboxylic acids is 1. The maximum atomic E-state index is 12.7. The number of nitrogens with zero attached hydrogens (tertiary/aromatic N) is 3. The molecular weight excluding hydrogens is 286 g/mol. The van der Waals surface area contributed by atoms with Gasteiger partial charge in [-0.2, -0.15) is 0 Å². The average molecular weight is 315 g/mol. The van der Waals surface area contributed by atoms with Gasteiger partial charge in [0.15, 0.2) is 0 Å². The molecule has 0 spiro atoms. The Bertz CT molecular complexity index is 497. The van der Waals surface area contributed by atoms with Crippen LogP contribution in [0.3, 0.4) is 0 Å². The summed E-state index contributed by atoms with van der Waals surface area (Å²) in [7, 11) is 0. The van der Waals surface area contributed by atoms with E-state index >= 15 is 0 Å². The van der Waals surface area contributed by atoms with E-state index < -0.39 is 0 Å². The van der Waals surface area contributed by atoms with Gasteiger partial charge in [-0.3, -0.25) is 9.69 Å². The largest absolute Gasteiger partial charge is 0.369 e. The third-order valence-electron chi connectivity index (χ3n) is 5.27. The van der Waals surface area contributed by atoms with E-state index in [9.17, 15) is 4.79 Å². The molecular formula is C19H29N3O. The van der Waals surface area contributed by atoms with Gasteiger partial charge in [-0.15, -0.1) is 0 Å². The van der Waals surface area contributed by atoms with Crippen LogP contribution in [0.2, 0.25) is 0 Å². The summed E-state index contributed by atoms with van der Waals surface area (Å²) in [5.74, 6) is 0.338. The number of likely N-dealkylation sites (tertiary alicyclic amines) is 1. The van der Waals surface area contributed by atoms with Gasteiger partial charge in [0.1, 0.15) is 0 Å². The molecule has 2 fully saturated rings. The Balaban J connectivity index is 1.49. The van der Waals surface area contributed by atoms with Crippen LogP contribution in [-0.4, -0.2) is 61.0 Å². The van der Waals surface area contributed by atoms with Crippen LogP contribution in [0.15, 0.2) is 30.3 Å². The minimum atomic E-state index is 0.338. The van der Waals surface area contributed by atoms with Gasteiger partial charge in [-0.05, 0) is 37.8 Å². The smallest absolute Gasteiger partial charge is 0.236 e. The van der Waals surface area contributed by atoms with Crippen LogP contribution in [0.5, 0.6) is 0 Å². The average Bonchev–Trinajstić information content (AvgIpc) is 2.63. The monoisotopic (exact) mass is 315 g/mol. The van der Waals surface area contributed by atoms with Crippen molar-refractivity contribution < 1.29 is 4.79 Å². The summed E-state index contributed by atoms with van der Waals surface area (Å²) in [6.45, 7) is 7.73. The van der Waals surface area contributed by atoms with Crippen LogP contribution < -0.4 is 4.90 Å². The van der Waals surface area contributed by atoms with Crippen LogP contribution in [0.1, 0.15) is 32.6 Å². The molecule has 2 aliphatic heterocycles. The second-order valence-electron chi connectivity index (χ2n) is 6.74. The van der Waals surface area contributed by atoms with Gasteiger partial charge in [0, 0.05) is 44.5 Å². The van der Waals surface area contributed by atoms with Crippen LogP contribution in [-0.2, 0) is 4.79 Å². The normalized spacial score (nSPS) is 23.1. The van der Waals surface area contributed by atoms with Crippen molar-refractivity contribution >= 4 is 11.6 Å². The molecule has 1 amide bonds. The Morgan fingerprint density at radius 3 is 2.48 bits per heavy atom. The Morgan fingerprint density at radius 2 is 1.78 bits per heavy atom. The SMILES string of the molecule is CCC1CCCCN1C(=O)CN1CCN(c2ccccc2)CC1. The first kappa shape index (κ1) is 16.3. The molecule has 4 heteroatoms. The number of piperazine rings is 1.